The molecule has 0 aromatic carbocycles. The zero-order valence-electron chi connectivity index (χ0n) is 11.0. The number of nitrogens with zero attached hydrogens (tertiary/aromatic N) is 1. The maximum atomic E-state index is 7.50. The molecule has 0 unspecified atom stereocenters. The Morgan fingerprint density at radius 3 is 1.11 bits per heavy atom. The third-order valence-corrected chi connectivity index (χ3v) is 2.25. The van der Waals surface area contributed by atoms with Gasteiger partial charge in [-0.05, 0) is 0 Å². The fourth-order valence-electron chi connectivity index (χ4n) is 0.476. The van der Waals surface area contributed by atoms with E-state index in [1.807, 2.05) is 21.0 Å². The van der Waals surface area contributed by atoms with Gasteiger partial charge in [-0.3, -0.25) is 0 Å². The minimum atomic E-state index is 1.21. The van der Waals surface area contributed by atoms with Crippen LogP contribution in [0.2, 0.25) is 0 Å². The zero-order valence-corrected chi connectivity index (χ0v) is 12.2. The van der Waals surface area contributed by atoms with Crippen molar-refractivity contribution in [3.63, 3.8) is 0 Å². The Labute approximate surface area is 122 Å². The van der Waals surface area contributed by atoms with E-state index in [1.165, 1.54) is 10.1 Å². The second-order valence-corrected chi connectivity index (χ2v) is 2.78. The van der Waals surface area contributed by atoms with Gasteiger partial charge >= 0.3 is 121 Å². The van der Waals surface area contributed by atoms with Gasteiger partial charge in [0, 0.05) is 0 Å². The van der Waals surface area contributed by atoms with Gasteiger partial charge in [0.15, 0.2) is 0 Å². The molecule has 6 nitrogen and oxygen atoms in total. The molecule has 19 heavy (non-hydrogen) atoms. The van der Waals surface area contributed by atoms with Gasteiger partial charge in [-0.1, -0.05) is 0 Å². The first-order valence-electron chi connectivity index (χ1n) is 3.96. The Hall–Kier alpha value is -1.20. The maximum absolute atomic E-state index is 7.50. The third-order valence-electron chi connectivity index (χ3n) is 1.18. The van der Waals surface area contributed by atoms with Crippen LogP contribution < -0.4 is 0 Å². The van der Waals surface area contributed by atoms with Crippen LogP contribution in [0.5, 0.6) is 0 Å². The predicted molar refractivity (Wildman–Crippen MR) is 57.8 cm³/mol. The van der Waals surface area contributed by atoms with Gasteiger partial charge in [0.05, 0.1) is 0 Å². The fourth-order valence-corrected chi connectivity index (χ4v) is 0.660. The molecule has 0 aliphatic rings. The number of hydrogen-bond acceptors (Lipinski definition) is 1. The molecule has 0 aliphatic heterocycles. The normalized spacial score (nSPS) is 6.37. The number of likely N-dealkylation sites (N-methyl/N-ethyl adjacent to an activating group) is 1. The van der Waals surface area contributed by atoms with Gasteiger partial charge in [-0.2, -0.15) is 0 Å². The van der Waals surface area contributed by atoms with Crippen molar-refractivity contribution in [1.82, 2.24) is 4.90 Å². The van der Waals surface area contributed by atoms with Crippen LogP contribution in [0.3, 0.4) is 0 Å². The average molecular weight is 303 g/mol. The van der Waals surface area contributed by atoms with Crippen LogP contribution >= 0.6 is 0 Å². The Morgan fingerprint density at radius 1 is 0.842 bits per heavy atom. The first-order valence-corrected chi connectivity index (χ1v) is 4.60. The Morgan fingerprint density at radius 2 is 1.05 bits per heavy atom. The van der Waals surface area contributed by atoms with Gasteiger partial charge in [0.1, 0.15) is 0 Å². The summed E-state index contributed by atoms with van der Waals surface area (Å²) in [7, 11) is 4.05. The van der Waals surface area contributed by atoms with Crippen molar-refractivity contribution in [1.29, 1.82) is 0 Å². The van der Waals surface area contributed by atoms with Crippen molar-refractivity contribution < 1.29 is 39.1 Å². The summed E-state index contributed by atoms with van der Waals surface area (Å²) in [6.07, 6.45) is 2.09. The van der Waals surface area contributed by atoms with Gasteiger partial charge < -0.3 is 0 Å². The molecule has 0 bridgehead atoms. The fraction of sp³-hybridized carbons (Fsp3) is 0.333. The molecule has 0 spiro atoms. The van der Waals surface area contributed by atoms with Crippen LogP contribution in [0.1, 0.15) is 13.8 Å². The third kappa shape index (κ3) is 47.5. The van der Waals surface area contributed by atoms with Gasteiger partial charge in [0.2, 0.25) is 0 Å². The Kier molecular flexibility index (Phi) is 103. The Balaban J connectivity index is -0.0000000356. The first kappa shape index (κ1) is 36.1. The SMILES string of the molecule is C/C=C(\C)[C](=[Cr])N(C)C.[C-]#[O+].[C-]#[O+].[C-]#[O+].[C-]#[O+].[C-]#[O+]. The van der Waals surface area contributed by atoms with Crippen LogP contribution in [-0.4, -0.2) is 23.5 Å². The van der Waals surface area contributed by atoms with E-state index < -0.39 is 0 Å². The summed E-state index contributed by atoms with van der Waals surface area (Å²) in [5, 5.41) is 0. The molecular formula is C12H13CrNO5. The van der Waals surface area contributed by atoms with Crippen molar-refractivity contribution in [2.24, 2.45) is 0 Å². The molecule has 0 saturated carbocycles. The summed E-state index contributed by atoms with van der Waals surface area (Å²) in [5.41, 5.74) is 1.29. The molecule has 0 aromatic rings. The molecule has 0 N–H and O–H groups in total. The summed E-state index contributed by atoms with van der Waals surface area (Å²) >= 11 is 3.00. The standard InChI is InChI=1S/C7H13N.5CO.Cr/c1-5-7(2)6-8(3)4;5*1-2;/h5H,1-4H3;;;;;;/b7-5+;;;;;;. The molecule has 0 amide bonds. The minimum absolute atomic E-state index is 1.21. The van der Waals surface area contributed by atoms with E-state index >= 15 is 0 Å². The Bertz CT molecular complexity index is 275. The van der Waals surface area contributed by atoms with Crippen molar-refractivity contribution in [2.45, 2.75) is 13.8 Å². The van der Waals surface area contributed by atoms with E-state index in [1.54, 1.807) is 0 Å². The number of allylic oxidation sites excluding steroid dienone is 1. The van der Waals surface area contributed by atoms with Crippen molar-refractivity contribution in [3.8, 4) is 0 Å². The summed E-state index contributed by atoms with van der Waals surface area (Å²) in [6.45, 7) is 26.6. The summed E-state index contributed by atoms with van der Waals surface area (Å²) < 4.78 is 38.7. The van der Waals surface area contributed by atoms with E-state index in [0.717, 1.165) is 0 Å². The summed E-state index contributed by atoms with van der Waals surface area (Å²) in [6, 6.07) is 0. The van der Waals surface area contributed by atoms with Crippen molar-refractivity contribution in [2.75, 3.05) is 14.1 Å². The topological polar surface area (TPSA) is 103 Å². The predicted octanol–water partition coefficient (Wildman–Crippen LogP) is 1.00. The summed E-state index contributed by atoms with van der Waals surface area (Å²) in [4.78, 5) is 2.06. The van der Waals surface area contributed by atoms with E-state index in [-0.39, 0.29) is 0 Å². The molecule has 0 radical (unpaired) electrons. The molecule has 0 atom stereocenters. The monoisotopic (exact) mass is 303 g/mol. The van der Waals surface area contributed by atoms with Crippen LogP contribution in [0.15, 0.2) is 11.6 Å². The van der Waals surface area contributed by atoms with E-state index in [2.05, 4.69) is 67.0 Å². The number of rotatable bonds is 2. The molecule has 0 rings (SSSR count). The molecule has 0 aromatic heterocycles. The van der Waals surface area contributed by atoms with E-state index in [9.17, 15) is 0 Å². The first-order chi connectivity index (χ1) is 9.09. The quantitative estimate of drug-likeness (QED) is 0.551. The average Bonchev–Trinajstić information content (AvgIpc) is 2.55. The van der Waals surface area contributed by atoms with Crippen LogP contribution in [0.4, 0.5) is 0 Å². The van der Waals surface area contributed by atoms with Gasteiger partial charge in [0.25, 0.3) is 0 Å². The van der Waals surface area contributed by atoms with Crippen molar-refractivity contribution >= 4 is 4.50 Å². The van der Waals surface area contributed by atoms with Crippen LogP contribution in [0, 0.1) is 33.3 Å². The van der Waals surface area contributed by atoms with Gasteiger partial charge in [-0.15, -0.1) is 0 Å². The molecule has 0 saturated heterocycles. The van der Waals surface area contributed by atoms with E-state index in [4.69, 9.17) is 23.3 Å². The molecule has 102 valence electrons. The zero-order chi connectivity index (χ0) is 17.4. The molecular weight excluding hydrogens is 290 g/mol. The molecule has 0 aliphatic carbocycles. The van der Waals surface area contributed by atoms with Crippen LogP contribution in [0.25, 0.3) is 0 Å². The molecule has 0 fully saturated rings. The van der Waals surface area contributed by atoms with Crippen molar-refractivity contribution in [3.05, 3.63) is 44.9 Å². The second-order valence-electron chi connectivity index (χ2n) is 2.17. The van der Waals surface area contributed by atoms with Gasteiger partial charge in [-0.25, -0.2) is 0 Å². The molecule has 0 heterocycles. The molecule has 7 heteroatoms. The number of hydrogen-bond donors (Lipinski definition) is 0. The van der Waals surface area contributed by atoms with Crippen LogP contribution in [-0.2, 0) is 39.1 Å². The van der Waals surface area contributed by atoms with E-state index in [0.29, 0.717) is 0 Å². The summed E-state index contributed by atoms with van der Waals surface area (Å²) in [5.74, 6) is 0. The second kappa shape index (κ2) is 54.2.